The summed E-state index contributed by atoms with van der Waals surface area (Å²) in [6.07, 6.45) is 3.24. The number of hydrogen-bond acceptors (Lipinski definition) is 3. The number of benzene rings is 2. The summed E-state index contributed by atoms with van der Waals surface area (Å²) < 4.78 is 12.9. The molecule has 0 radical (unpaired) electrons. The number of ketones is 1. The first kappa shape index (κ1) is 17.9. The van der Waals surface area contributed by atoms with Crippen LogP contribution in [-0.4, -0.2) is 42.8 Å². The maximum Gasteiger partial charge on any atom is 0.246 e. The Balaban J connectivity index is 1.55. The van der Waals surface area contributed by atoms with Crippen molar-refractivity contribution < 1.29 is 14.0 Å². The maximum atomic E-state index is 12.9. The molecule has 0 aromatic heterocycles. The van der Waals surface area contributed by atoms with Gasteiger partial charge in [0.15, 0.2) is 5.78 Å². The van der Waals surface area contributed by atoms with Gasteiger partial charge in [-0.15, -0.1) is 0 Å². The molecule has 0 spiro atoms. The second kappa shape index (κ2) is 7.95. The normalized spacial score (nSPS) is 14.7. The van der Waals surface area contributed by atoms with Crippen LogP contribution < -0.4 is 4.90 Å². The van der Waals surface area contributed by atoms with Crippen LogP contribution in [-0.2, 0) is 4.79 Å². The van der Waals surface area contributed by atoms with Crippen molar-refractivity contribution in [1.82, 2.24) is 4.90 Å². The molecule has 1 heterocycles. The van der Waals surface area contributed by atoms with E-state index in [1.165, 1.54) is 18.2 Å². The molecule has 2 aromatic carbocycles. The fraction of sp³-hybridized carbons (Fsp3) is 0.238. The monoisotopic (exact) mass is 352 g/mol. The van der Waals surface area contributed by atoms with Gasteiger partial charge in [0.2, 0.25) is 5.91 Å². The summed E-state index contributed by atoms with van der Waals surface area (Å²) >= 11 is 0. The molecule has 0 bridgehead atoms. The standard InChI is InChI=1S/C21H21FN2O2/c1-16(25)18-5-9-20(10-6-18)23-12-14-24(15-13-23)21(26)11-4-17-2-7-19(22)8-3-17/h2-11H,12-15H2,1H3/b11-4+. The smallest absolute Gasteiger partial charge is 0.246 e. The lowest BCUT2D eigenvalue weighted by molar-refractivity contribution is -0.126. The number of carbonyl (C=O) groups excluding carboxylic acids is 2. The van der Waals surface area contributed by atoms with Gasteiger partial charge in [-0.05, 0) is 55.0 Å². The number of nitrogens with zero attached hydrogens (tertiary/aromatic N) is 2. The summed E-state index contributed by atoms with van der Waals surface area (Å²) in [6, 6.07) is 13.6. The molecule has 0 atom stereocenters. The molecule has 1 aliphatic rings. The Labute approximate surface area is 152 Å². The first-order chi connectivity index (χ1) is 12.5. The molecule has 3 rings (SSSR count). The lowest BCUT2D eigenvalue weighted by atomic mass is 10.1. The van der Waals surface area contributed by atoms with Crippen molar-refractivity contribution in [2.45, 2.75) is 6.92 Å². The van der Waals surface area contributed by atoms with E-state index in [1.807, 2.05) is 24.3 Å². The van der Waals surface area contributed by atoms with Crippen LogP contribution in [0.15, 0.2) is 54.6 Å². The first-order valence-electron chi connectivity index (χ1n) is 8.61. The summed E-state index contributed by atoms with van der Waals surface area (Å²) in [5, 5.41) is 0. The quantitative estimate of drug-likeness (QED) is 0.626. The van der Waals surface area contributed by atoms with E-state index in [1.54, 1.807) is 30.0 Å². The summed E-state index contributed by atoms with van der Waals surface area (Å²) in [7, 11) is 0. The average Bonchev–Trinajstić information content (AvgIpc) is 2.67. The van der Waals surface area contributed by atoms with Gasteiger partial charge in [-0.2, -0.15) is 0 Å². The zero-order valence-corrected chi connectivity index (χ0v) is 14.7. The minimum atomic E-state index is -0.291. The van der Waals surface area contributed by atoms with Crippen LogP contribution in [0.25, 0.3) is 6.08 Å². The second-order valence-corrected chi connectivity index (χ2v) is 6.30. The van der Waals surface area contributed by atoms with E-state index < -0.39 is 0 Å². The van der Waals surface area contributed by atoms with E-state index in [-0.39, 0.29) is 17.5 Å². The Hall–Kier alpha value is -2.95. The largest absolute Gasteiger partial charge is 0.368 e. The SMILES string of the molecule is CC(=O)c1ccc(N2CCN(C(=O)/C=C/c3ccc(F)cc3)CC2)cc1. The number of rotatable bonds is 4. The molecule has 0 unspecified atom stereocenters. The molecular weight excluding hydrogens is 331 g/mol. The van der Waals surface area contributed by atoms with Crippen molar-refractivity contribution in [3.05, 3.63) is 71.6 Å². The highest BCUT2D eigenvalue weighted by Gasteiger charge is 2.19. The number of piperazine rings is 1. The molecule has 1 amide bonds. The van der Waals surface area contributed by atoms with Gasteiger partial charge in [-0.3, -0.25) is 9.59 Å². The highest BCUT2D eigenvalue weighted by molar-refractivity contribution is 5.94. The summed E-state index contributed by atoms with van der Waals surface area (Å²) in [6.45, 7) is 4.33. The molecular formula is C21H21FN2O2. The molecule has 1 aliphatic heterocycles. The molecule has 2 aromatic rings. The Morgan fingerprint density at radius 3 is 2.12 bits per heavy atom. The van der Waals surface area contributed by atoms with Gasteiger partial charge >= 0.3 is 0 Å². The number of Topliss-reactive ketones (excluding diaryl/α,β-unsaturated/α-hetero) is 1. The Kier molecular flexibility index (Phi) is 5.46. The summed E-state index contributed by atoms with van der Waals surface area (Å²) in [4.78, 5) is 27.7. The van der Waals surface area contributed by atoms with Crippen LogP contribution in [0.4, 0.5) is 10.1 Å². The maximum absolute atomic E-state index is 12.9. The van der Waals surface area contributed by atoms with Gasteiger partial charge < -0.3 is 9.80 Å². The zero-order valence-electron chi connectivity index (χ0n) is 14.7. The third kappa shape index (κ3) is 4.36. The van der Waals surface area contributed by atoms with Crippen LogP contribution in [0.5, 0.6) is 0 Å². The third-order valence-electron chi connectivity index (χ3n) is 4.52. The fourth-order valence-electron chi connectivity index (χ4n) is 2.94. The summed E-state index contributed by atoms with van der Waals surface area (Å²) in [5.74, 6) is -0.276. The molecule has 26 heavy (non-hydrogen) atoms. The van der Waals surface area contributed by atoms with Crippen molar-refractivity contribution in [2.24, 2.45) is 0 Å². The summed E-state index contributed by atoms with van der Waals surface area (Å²) in [5.41, 5.74) is 2.56. The van der Waals surface area contributed by atoms with Crippen LogP contribution >= 0.6 is 0 Å². The highest BCUT2D eigenvalue weighted by atomic mass is 19.1. The Morgan fingerprint density at radius 1 is 0.923 bits per heavy atom. The van der Waals surface area contributed by atoms with E-state index in [4.69, 9.17) is 0 Å². The van der Waals surface area contributed by atoms with E-state index in [0.717, 1.165) is 24.3 Å². The van der Waals surface area contributed by atoms with E-state index in [9.17, 15) is 14.0 Å². The molecule has 134 valence electrons. The zero-order chi connectivity index (χ0) is 18.5. The van der Waals surface area contributed by atoms with Crippen LogP contribution in [0.3, 0.4) is 0 Å². The van der Waals surface area contributed by atoms with E-state index in [0.29, 0.717) is 18.7 Å². The van der Waals surface area contributed by atoms with Gasteiger partial charge in [0.05, 0.1) is 0 Å². The minimum Gasteiger partial charge on any atom is -0.368 e. The Morgan fingerprint density at radius 2 is 1.54 bits per heavy atom. The minimum absolute atomic E-state index is 0.0408. The molecule has 0 aliphatic carbocycles. The van der Waals surface area contributed by atoms with Crippen LogP contribution in [0.1, 0.15) is 22.8 Å². The van der Waals surface area contributed by atoms with Crippen molar-refractivity contribution in [3.63, 3.8) is 0 Å². The van der Waals surface area contributed by atoms with Gasteiger partial charge in [-0.25, -0.2) is 4.39 Å². The second-order valence-electron chi connectivity index (χ2n) is 6.30. The van der Waals surface area contributed by atoms with Gasteiger partial charge in [-0.1, -0.05) is 12.1 Å². The lowest BCUT2D eigenvalue weighted by Crippen LogP contribution is -2.48. The topological polar surface area (TPSA) is 40.6 Å². The number of hydrogen-bond donors (Lipinski definition) is 0. The molecule has 0 saturated carbocycles. The first-order valence-corrected chi connectivity index (χ1v) is 8.61. The molecule has 5 heteroatoms. The molecule has 4 nitrogen and oxygen atoms in total. The van der Waals surface area contributed by atoms with Crippen molar-refractivity contribution >= 4 is 23.5 Å². The predicted octanol–water partition coefficient (Wildman–Crippen LogP) is 3.39. The van der Waals surface area contributed by atoms with Crippen molar-refractivity contribution in [2.75, 3.05) is 31.1 Å². The number of halogens is 1. The van der Waals surface area contributed by atoms with Gasteiger partial charge in [0.1, 0.15) is 5.82 Å². The predicted molar refractivity (Wildman–Crippen MR) is 101 cm³/mol. The number of amides is 1. The van der Waals surface area contributed by atoms with Gasteiger partial charge in [0.25, 0.3) is 0 Å². The van der Waals surface area contributed by atoms with E-state index >= 15 is 0 Å². The molecule has 0 N–H and O–H groups in total. The number of carbonyl (C=O) groups is 2. The lowest BCUT2D eigenvalue weighted by Gasteiger charge is -2.35. The third-order valence-corrected chi connectivity index (χ3v) is 4.52. The van der Waals surface area contributed by atoms with Crippen molar-refractivity contribution in [3.8, 4) is 0 Å². The Bertz CT molecular complexity index is 805. The van der Waals surface area contributed by atoms with Crippen LogP contribution in [0, 0.1) is 5.82 Å². The van der Waals surface area contributed by atoms with E-state index in [2.05, 4.69) is 4.90 Å². The number of anilines is 1. The fourth-order valence-corrected chi connectivity index (χ4v) is 2.94. The van der Waals surface area contributed by atoms with Crippen molar-refractivity contribution in [1.29, 1.82) is 0 Å². The molecule has 1 fully saturated rings. The average molecular weight is 352 g/mol. The highest BCUT2D eigenvalue weighted by Crippen LogP contribution is 2.18. The molecule has 1 saturated heterocycles. The van der Waals surface area contributed by atoms with Gasteiger partial charge in [0, 0.05) is 43.5 Å². The van der Waals surface area contributed by atoms with Crippen LogP contribution in [0.2, 0.25) is 0 Å².